The normalized spacial score (nSPS) is 21.1. The topological polar surface area (TPSA) is 12.0 Å². The summed E-state index contributed by atoms with van der Waals surface area (Å²) in [7, 11) is 0. The van der Waals surface area contributed by atoms with Gasteiger partial charge in [-0.15, -0.1) is 0 Å². The second-order valence-electron chi connectivity index (χ2n) is 4.12. The van der Waals surface area contributed by atoms with E-state index in [4.69, 9.17) is 0 Å². The number of benzene rings is 1. The molecule has 0 amide bonds. The summed E-state index contributed by atoms with van der Waals surface area (Å²) >= 11 is 0. The summed E-state index contributed by atoms with van der Waals surface area (Å²) in [5.41, 5.74) is 0.452. The predicted molar refractivity (Wildman–Crippen MR) is 55.8 cm³/mol. The van der Waals surface area contributed by atoms with Crippen LogP contribution in [0.4, 0.5) is 13.2 Å². The van der Waals surface area contributed by atoms with Crippen molar-refractivity contribution < 1.29 is 13.2 Å². The smallest absolute Gasteiger partial charge is 0.163 e. The highest BCUT2D eigenvalue weighted by atomic mass is 19.2. The van der Waals surface area contributed by atoms with E-state index < -0.39 is 18.3 Å². The molecule has 0 aliphatic carbocycles. The van der Waals surface area contributed by atoms with Gasteiger partial charge in [0.05, 0.1) is 0 Å². The molecule has 1 heterocycles. The Kier molecular flexibility index (Phi) is 3.49. The van der Waals surface area contributed by atoms with Crippen LogP contribution in [0.3, 0.4) is 0 Å². The van der Waals surface area contributed by atoms with Crippen molar-refractivity contribution >= 4 is 0 Å². The van der Waals surface area contributed by atoms with Gasteiger partial charge in [-0.2, -0.15) is 0 Å². The van der Waals surface area contributed by atoms with E-state index in [0.29, 0.717) is 0 Å². The summed E-state index contributed by atoms with van der Waals surface area (Å²) in [6, 6.07) is 2.15. The summed E-state index contributed by atoms with van der Waals surface area (Å²) in [6.45, 7) is 0.0303. The van der Waals surface area contributed by atoms with Gasteiger partial charge in [-0.1, -0.05) is 6.42 Å². The van der Waals surface area contributed by atoms with E-state index >= 15 is 0 Å². The Bertz CT molecular complexity index is 373. The van der Waals surface area contributed by atoms with Crippen LogP contribution in [0.25, 0.3) is 0 Å². The van der Waals surface area contributed by atoms with Crippen molar-refractivity contribution in [2.45, 2.75) is 32.0 Å². The number of piperidine rings is 1. The van der Waals surface area contributed by atoms with Gasteiger partial charge >= 0.3 is 0 Å². The lowest BCUT2D eigenvalue weighted by molar-refractivity contribution is 0.388. The van der Waals surface area contributed by atoms with Crippen LogP contribution < -0.4 is 5.32 Å². The van der Waals surface area contributed by atoms with E-state index in [9.17, 15) is 13.2 Å². The van der Waals surface area contributed by atoms with Gasteiger partial charge in [-0.3, -0.25) is 0 Å². The number of alkyl halides is 1. The first kappa shape index (κ1) is 11.5. The third-order valence-corrected chi connectivity index (χ3v) is 2.96. The quantitative estimate of drug-likeness (QED) is 0.820. The lowest BCUT2D eigenvalue weighted by atomic mass is 9.95. The molecular weight excluding hydrogens is 215 g/mol. The van der Waals surface area contributed by atoms with Crippen molar-refractivity contribution in [2.24, 2.45) is 0 Å². The Balaban J connectivity index is 2.33. The van der Waals surface area contributed by atoms with Crippen LogP contribution in [0.1, 0.15) is 36.4 Å². The van der Waals surface area contributed by atoms with Gasteiger partial charge < -0.3 is 5.32 Å². The zero-order chi connectivity index (χ0) is 11.5. The molecule has 0 saturated carbocycles. The van der Waals surface area contributed by atoms with Crippen LogP contribution in [0.5, 0.6) is 0 Å². The van der Waals surface area contributed by atoms with Gasteiger partial charge in [0.2, 0.25) is 0 Å². The largest absolute Gasteiger partial charge is 0.310 e. The maximum absolute atomic E-state index is 13.6. The predicted octanol–water partition coefficient (Wildman–Crippen LogP) is 3.25. The lowest BCUT2D eigenvalue weighted by Gasteiger charge is -2.24. The van der Waals surface area contributed by atoms with Crippen LogP contribution in [-0.4, -0.2) is 6.54 Å². The zero-order valence-corrected chi connectivity index (χ0v) is 8.90. The average molecular weight is 229 g/mol. The molecule has 1 aliphatic rings. The van der Waals surface area contributed by atoms with E-state index in [2.05, 4.69) is 5.32 Å². The fourth-order valence-electron chi connectivity index (χ4n) is 2.12. The number of rotatable bonds is 2. The van der Waals surface area contributed by atoms with Crippen molar-refractivity contribution in [2.75, 3.05) is 6.54 Å². The molecule has 0 radical (unpaired) electrons. The molecule has 88 valence electrons. The number of hydrogen-bond donors (Lipinski definition) is 1. The molecule has 0 aromatic heterocycles. The summed E-state index contributed by atoms with van der Waals surface area (Å²) in [5.74, 6) is -1.81. The average Bonchev–Trinajstić information content (AvgIpc) is 2.33. The van der Waals surface area contributed by atoms with Crippen LogP contribution in [0.2, 0.25) is 0 Å². The molecule has 1 saturated heterocycles. The molecule has 1 unspecified atom stereocenters. The summed E-state index contributed by atoms with van der Waals surface area (Å²) < 4.78 is 39.3. The Hall–Kier alpha value is -1.03. The molecule has 1 aromatic rings. The molecule has 2 rings (SSSR count). The fraction of sp³-hybridized carbons (Fsp3) is 0.500. The Morgan fingerprint density at radius 1 is 1.25 bits per heavy atom. The van der Waals surface area contributed by atoms with E-state index in [1.807, 2.05) is 0 Å². The minimum absolute atomic E-state index is 0.185. The first-order valence-corrected chi connectivity index (χ1v) is 5.49. The number of hydrogen-bond acceptors (Lipinski definition) is 1. The monoisotopic (exact) mass is 229 g/mol. The molecule has 0 bridgehead atoms. The first-order chi connectivity index (χ1) is 7.72. The first-order valence-electron chi connectivity index (χ1n) is 5.49. The third-order valence-electron chi connectivity index (χ3n) is 2.96. The lowest BCUT2D eigenvalue weighted by Crippen LogP contribution is -2.27. The number of halogens is 3. The molecule has 1 fully saturated rings. The SMILES string of the molecule is FCc1cc(F)c(F)c(C2CCCCN2)c1. The maximum Gasteiger partial charge on any atom is 0.163 e. The van der Waals surface area contributed by atoms with Crippen LogP contribution >= 0.6 is 0 Å². The maximum atomic E-state index is 13.6. The number of nitrogens with one attached hydrogen (secondary N) is 1. The molecule has 1 nitrogen and oxygen atoms in total. The minimum Gasteiger partial charge on any atom is -0.310 e. The van der Waals surface area contributed by atoms with E-state index in [1.165, 1.54) is 6.07 Å². The molecule has 1 aromatic carbocycles. The fourth-order valence-corrected chi connectivity index (χ4v) is 2.12. The Morgan fingerprint density at radius 2 is 2.06 bits per heavy atom. The van der Waals surface area contributed by atoms with Gasteiger partial charge in [0.1, 0.15) is 6.67 Å². The van der Waals surface area contributed by atoms with Crippen LogP contribution in [0, 0.1) is 11.6 Å². The van der Waals surface area contributed by atoms with Crippen molar-refractivity contribution in [1.82, 2.24) is 5.32 Å². The van der Waals surface area contributed by atoms with Crippen molar-refractivity contribution in [3.63, 3.8) is 0 Å². The van der Waals surface area contributed by atoms with Crippen molar-refractivity contribution in [3.05, 3.63) is 34.9 Å². The van der Waals surface area contributed by atoms with E-state index in [-0.39, 0.29) is 17.2 Å². The molecular formula is C12H14F3N. The summed E-state index contributed by atoms with van der Waals surface area (Å²) in [4.78, 5) is 0. The Labute approximate surface area is 92.7 Å². The van der Waals surface area contributed by atoms with Gasteiger partial charge in [-0.05, 0) is 37.1 Å². The van der Waals surface area contributed by atoms with Crippen molar-refractivity contribution in [1.29, 1.82) is 0 Å². The molecule has 4 heteroatoms. The van der Waals surface area contributed by atoms with Crippen LogP contribution in [0.15, 0.2) is 12.1 Å². The van der Waals surface area contributed by atoms with E-state index in [0.717, 1.165) is 31.9 Å². The molecule has 1 aliphatic heterocycles. The standard InChI is InChI=1S/C12H14F3N/c13-7-8-5-9(12(15)10(14)6-8)11-3-1-2-4-16-11/h5-6,11,16H,1-4,7H2. The molecule has 1 N–H and O–H groups in total. The zero-order valence-electron chi connectivity index (χ0n) is 8.90. The van der Waals surface area contributed by atoms with Gasteiger partial charge in [0.15, 0.2) is 11.6 Å². The highest BCUT2D eigenvalue weighted by molar-refractivity contribution is 5.29. The molecule has 16 heavy (non-hydrogen) atoms. The Morgan fingerprint density at radius 3 is 2.69 bits per heavy atom. The van der Waals surface area contributed by atoms with Crippen molar-refractivity contribution in [3.8, 4) is 0 Å². The second-order valence-corrected chi connectivity index (χ2v) is 4.12. The highest BCUT2D eigenvalue weighted by Crippen LogP contribution is 2.27. The summed E-state index contributed by atoms with van der Waals surface area (Å²) in [6.07, 6.45) is 2.80. The highest BCUT2D eigenvalue weighted by Gasteiger charge is 2.21. The second kappa shape index (κ2) is 4.87. The minimum atomic E-state index is -0.961. The van der Waals surface area contributed by atoms with Gasteiger partial charge in [-0.25, -0.2) is 13.2 Å². The van der Waals surface area contributed by atoms with Gasteiger partial charge in [0.25, 0.3) is 0 Å². The van der Waals surface area contributed by atoms with E-state index in [1.54, 1.807) is 0 Å². The van der Waals surface area contributed by atoms with Gasteiger partial charge in [0, 0.05) is 11.6 Å². The van der Waals surface area contributed by atoms with Crippen LogP contribution in [-0.2, 0) is 6.67 Å². The molecule has 1 atom stereocenters. The molecule has 0 spiro atoms. The summed E-state index contributed by atoms with van der Waals surface area (Å²) in [5, 5.41) is 3.13. The third kappa shape index (κ3) is 2.21.